The van der Waals surface area contributed by atoms with E-state index in [4.69, 9.17) is 0 Å². The highest BCUT2D eigenvalue weighted by atomic mass is 19.4. The van der Waals surface area contributed by atoms with Crippen LogP contribution in [0.4, 0.5) is 37.8 Å². The van der Waals surface area contributed by atoms with Gasteiger partial charge < -0.3 is 15.1 Å². The zero-order chi connectivity index (χ0) is 30.2. The van der Waals surface area contributed by atoms with E-state index in [0.717, 1.165) is 37.3 Å². The minimum absolute atomic E-state index is 0.0516. The number of rotatable bonds is 6. The van der Waals surface area contributed by atoms with Gasteiger partial charge in [-0.3, -0.25) is 4.79 Å². The number of hydrogen-bond donors (Lipinski definition) is 1. The standard InChI is InChI=1S/C30H32F6N4O/c1-5-28(3,20-14-21(29(31,32)33)16-22(15-20)30(34,35)36)27(41)38-25-18-37-26(40-12-10-39(4)11-13-40)17-24(25)23-9-7-6-8-19(23)2/h6-9,14-18H,5,10-13H2,1-4H3,(H,38,41). The smallest absolute Gasteiger partial charge is 0.354 e. The maximum absolute atomic E-state index is 13.8. The summed E-state index contributed by atoms with van der Waals surface area (Å²) >= 11 is 0. The molecule has 1 atom stereocenters. The van der Waals surface area contributed by atoms with Crippen LogP contribution in [0.15, 0.2) is 54.7 Å². The molecule has 1 fully saturated rings. The Hall–Kier alpha value is -3.60. The second-order valence-corrected chi connectivity index (χ2v) is 10.6. The Morgan fingerprint density at radius 2 is 1.44 bits per heavy atom. The average Bonchev–Trinajstić information content (AvgIpc) is 2.92. The van der Waals surface area contributed by atoms with E-state index in [1.54, 1.807) is 6.92 Å². The van der Waals surface area contributed by atoms with Crippen LogP contribution < -0.4 is 10.2 Å². The number of halogens is 6. The highest BCUT2D eigenvalue weighted by molar-refractivity contribution is 6.02. The Bertz CT molecular complexity index is 1380. The summed E-state index contributed by atoms with van der Waals surface area (Å²) in [5.41, 5.74) is -2.31. The van der Waals surface area contributed by atoms with Gasteiger partial charge in [-0.2, -0.15) is 26.3 Å². The van der Waals surface area contributed by atoms with Crippen LogP contribution in [-0.2, 0) is 22.6 Å². The third-order valence-electron chi connectivity index (χ3n) is 7.83. The molecule has 1 aliphatic rings. The fraction of sp³-hybridized carbons (Fsp3) is 0.400. The molecule has 4 rings (SSSR count). The van der Waals surface area contributed by atoms with Gasteiger partial charge in [0.1, 0.15) is 5.82 Å². The molecule has 0 radical (unpaired) electrons. The number of aromatic nitrogens is 1. The molecule has 1 saturated heterocycles. The van der Waals surface area contributed by atoms with Gasteiger partial charge in [0.15, 0.2) is 0 Å². The SMILES string of the molecule is CCC(C)(C(=O)Nc1cnc(N2CCN(C)CC2)cc1-c1ccccc1C)c1cc(C(F)(F)F)cc(C(F)(F)F)c1. The van der Waals surface area contributed by atoms with Crippen LogP contribution in [0.25, 0.3) is 11.1 Å². The topological polar surface area (TPSA) is 48.5 Å². The van der Waals surface area contributed by atoms with Crippen molar-refractivity contribution in [2.75, 3.05) is 43.4 Å². The number of anilines is 2. The maximum Gasteiger partial charge on any atom is 0.416 e. The van der Waals surface area contributed by atoms with E-state index in [-0.39, 0.29) is 18.1 Å². The summed E-state index contributed by atoms with van der Waals surface area (Å²) in [6.45, 7) is 8.02. The predicted octanol–water partition coefficient (Wildman–Crippen LogP) is 7.15. The van der Waals surface area contributed by atoms with Crippen molar-refractivity contribution < 1.29 is 31.1 Å². The molecular formula is C30H32F6N4O. The lowest BCUT2D eigenvalue weighted by molar-refractivity contribution is -0.143. The van der Waals surface area contributed by atoms with Gasteiger partial charge in [-0.1, -0.05) is 31.2 Å². The summed E-state index contributed by atoms with van der Waals surface area (Å²) < 4.78 is 81.5. The molecule has 220 valence electrons. The molecule has 5 nitrogen and oxygen atoms in total. The van der Waals surface area contributed by atoms with Gasteiger partial charge in [-0.05, 0) is 68.3 Å². The van der Waals surface area contributed by atoms with E-state index in [1.165, 1.54) is 13.1 Å². The molecule has 1 amide bonds. The molecule has 11 heteroatoms. The lowest BCUT2D eigenvalue weighted by Gasteiger charge is -2.34. The Morgan fingerprint density at radius 3 is 1.98 bits per heavy atom. The minimum atomic E-state index is -5.03. The molecule has 41 heavy (non-hydrogen) atoms. The fourth-order valence-electron chi connectivity index (χ4n) is 4.88. The van der Waals surface area contributed by atoms with Gasteiger partial charge in [0.25, 0.3) is 0 Å². The third-order valence-corrected chi connectivity index (χ3v) is 7.83. The van der Waals surface area contributed by atoms with Crippen molar-refractivity contribution in [3.8, 4) is 11.1 Å². The number of hydrogen-bond acceptors (Lipinski definition) is 4. The lowest BCUT2D eigenvalue weighted by Crippen LogP contribution is -2.44. The molecule has 1 unspecified atom stereocenters. The molecule has 1 aromatic heterocycles. The first kappa shape index (κ1) is 30.4. The number of nitrogens with one attached hydrogen (secondary N) is 1. The summed E-state index contributed by atoms with van der Waals surface area (Å²) in [5, 5.41) is 2.79. The van der Waals surface area contributed by atoms with Crippen molar-refractivity contribution in [3.05, 3.63) is 77.0 Å². The van der Waals surface area contributed by atoms with E-state index in [1.807, 2.05) is 44.3 Å². The lowest BCUT2D eigenvalue weighted by atomic mass is 9.77. The van der Waals surface area contributed by atoms with Gasteiger partial charge >= 0.3 is 12.4 Å². The first-order chi connectivity index (χ1) is 19.1. The number of piperazine rings is 1. The number of nitrogens with zero attached hydrogens (tertiary/aromatic N) is 3. The zero-order valence-electron chi connectivity index (χ0n) is 23.2. The number of likely N-dealkylation sites (N-methyl/N-ethyl adjacent to an activating group) is 1. The Kier molecular flexibility index (Phi) is 8.40. The largest absolute Gasteiger partial charge is 0.416 e. The highest BCUT2D eigenvalue weighted by Crippen LogP contribution is 2.41. The van der Waals surface area contributed by atoms with Crippen molar-refractivity contribution in [2.45, 2.75) is 45.0 Å². The van der Waals surface area contributed by atoms with E-state index in [0.29, 0.717) is 29.2 Å². The van der Waals surface area contributed by atoms with Gasteiger partial charge in [0.05, 0.1) is 28.4 Å². The van der Waals surface area contributed by atoms with Crippen LogP contribution in [0.5, 0.6) is 0 Å². The van der Waals surface area contributed by atoms with E-state index >= 15 is 0 Å². The third kappa shape index (κ3) is 6.50. The number of pyridine rings is 1. The van der Waals surface area contributed by atoms with Gasteiger partial charge in [-0.25, -0.2) is 4.98 Å². The van der Waals surface area contributed by atoms with Crippen LogP contribution in [0.2, 0.25) is 0 Å². The Balaban J connectivity index is 1.77. The highest BCUT2D eigenvalue weighted by Gasteiger charge is 2.41. The van der Waals surface area contributed by atoms with Gasteiger partial charge in [-0.15, -0.1) is 0 Å². The van der Waals surface area contributed by atoms with Crippen LogP contribution in [0, 0.1) is 6.92 Å². The average molecular weight is 579 g/mol. The molecule has 0 saturated carbocycles. The second kappa shape index (κ2) is 11.3. The minimum Gasteiger partial charge on any atom is -0.354 e. The fourth-order valence-corrected chi connectivity index (χ4v) is 4.88. The molecule has 1 N–H and O–H groups in total. The van der Waals surface area contributed by atoms with E-state index in [9.17, 15) is 31.1 Å². The van der Waals surface area contributed by atoms with E-state index in [2.05, 4.69) is 20.1 Å². The molecule has 2 aromatic carbocycles. The summed E-state index contributed by atoms with van der Waals surface area (Å²) in [5.74, 6) is -0.0308. The molecule has 2 heterocycles. The number of carbonyl (C=O) groups is 1. The first-order valence-electron chi connectivity index (χ1n) is 13.2. The summed E-state index contributed by atoms with van der Waals surface area (Å²) in [4.78, 5) is 22.7. The summed E-state index contributed by atoms with van der Waals surface area (Å²) in [7, 11) is 2.04. The van der Waals surface area contributed by atoms with Crippen molar-refractivity contribution in [3.63, 3.8) is 0 Å². The first-order valence-corrected chi connectivity index (χ1v) is 13.2. The van der Waals surface area contributed by atoms with Gasteiger partial charge in [0, 0.05) is 31.7 Å². The predicted molar refractivity (Wildman–Crippen MR) is 147 cm³/mol. The molecule has 1 aliphatic heterocycles. The molecule has 0 spiro atoms. The maximum atomic E-state index is 13.8. The summed E-state index contributed by atoms with van der Waals surface area (Å²) in [6, 6.07) is 10.7. The number of carbonyl (C=O) groups excluding carboxylic acids is 1. The molecule has 0 bridgehead atoms. The van der Waals surface area contributed by atoms with Crippen molar-refractivity contribution in [2.24, 2.45) is 0 Å². The van der Waals surface area contributed by atoms with Crippen LogP contribution in [0.3, 0.4) is 0 Å². The number of amides is 1. The molecular weight excluding hydrogens is 546 g/mol. The van der Waals surface area contributed by atoms with Crippen LogP contribution >= 0.6 is 0 Å². The number of alkyl halides is 6. The Labute approximate surface area is 235 Å². The number of aryl methyl sites for hydroxylation is 1. The monoisotopic (exact) mass is 578 g/mol. The van der Waals surface area contributed by atoms with Crippen LogP contribution in [-0.4, -0.2) is 49.0 Å². The van der Waals surface area contributed by atoms with Crippen LogP contribution in [0.1, 0.15) is 42.5 Å². The Morgan fingerprint density at radius 1 is 0.878 bits per heavy atom. The van der Waals surface area contributed by atoms with Crippen molar-refractivity contribution >= 4 is 17.4 Å². The van der Waals surface area contributed by atoms with Crippen molar-refractivity contribution in [1.29, 1.82) is 0 Å². The van der Waals surface area contributed by atoms with Gasteiger partial charge in [0.2, 0.25) is 5.91 Å². The molecule has 3 aromatic rings. The second-order valence-electron chi connectivity index (χ2n) is 10.6. The molecule has 0 aliphatic carbocycles. The summed E-state index contributed by atoms with van der Waals surface area (Å²) in [6.07, 6.45) is -8.61. The van der Waals surface area contributed by atoms with E-state index < -0.39 is 34.8 Å². The van der Waals surface area contributed by atoms with Crippen molar-refractivity contribution in [1.82, 2.24) is 9.88 Å². The quantitative estimate of drug-likeness (QED) is 0.316. The normalized spacial score (nSPS) is 16.4. The zero-order valence-corrected chi connectivity index (χ0v) is 23.2. The number of benzene rings is 2.